The van der Waals surface area contributed by atoms with Crippen LogP contribution < -0.4 is 10.6 Å². The maximum absolute atomic E-state index is 9.42. The van der Waals surface area contributed by atoms with E-state index in [1.54, 1.807) is 11.8 Å². The first-order valence-corrected chi connectivity index (χ1v) is 8.01. The molecule has 2 N–H and O–H groups in total. The van der Waals surface area contributed by atoms with E-state index in [9.17, 15) is 5.26 Å². The molecule has 0 aromatic heterocycles. The summed E-state index contributed by atoms with van der Waals surface area (Å²) in [6, 6.07) is 8.77. The predicted octanol–water partition coefficient (Wildman–Crippen LogP) is 2.84. The molecule has 19 heavy (non-hydrogen) atoms. The van der Waals surface area contributed by atoms with Crippen LogP contribution in [0.25, 0.3) is 0 Å². The number of thioether (sulfide) groups is 1. The third kappa shape index (κ3) is 2.88. The van der Waals surface area contributed by atoms with E-state index in [0.29, 0.717) is 12.0 Å². The van der Waals surface area contributed by atoms with Gasteiger partial charge in [-0.3, -0.25) is 0 Å². The van der Waals surface area contributed by atoms with Crippen molar-refractivity contribution >= 4 is 17.4 Å². The number of benzene rings is 1. The standard InChI is InChI=1S/C15H21N3S/c1-3-11-10-18(8-7-13(11)17)14-5-4-6-15(19-2)12(14)9-16/h4-6,11,13H,3,7-8,10,17H2,1-2H3. The Morgan fingerprint density at radius 3 is 2.95 bits per heavy atom. The monoisotopic (exact) mass is 275 g/mol. The molecule has 1 fully saturated rings. The number of rotatable bonds is 3. The molecule has 0 amide bonds. The van der Waals surface area contributed by atoms with Gasteiger partial charge in [-0.15, -0.1) is 11.8 Å². The normalized spacial score (nSPS) is 23.2. The maximum atomic E-state index is 9.42. The number of hydrogen-bond donors (Lipinski definition) is 1. The van der Waals surface area contributed by atoms with Crippen molar-refractivity contribution < 1.29 is 0 Å². The fraction of sp³-hybridized carbons (Fsp3) is 0.533. The van der Waals surface area contributed by atoms with Crippen LogP contribution in [-0.2, 0) is 0 Å². The zero-order chi connectivity index (χ0) is 13.8. The molecule has 1 aliphatic heterocycles. The molecular formula is C15H21N3S. The Labute approximate surface area is 119 Å². The van der Waals surface area contributed by atoms with Crippen LogP contribution in [0.4, 0.5) is 5.69 Å². The minimum atomic E-state index is 0.301. The highest BCUT2D eigenvalue weighted by atomic mass is 32.2. The van der Waals surface area contributed by atoms with Gasteiger partial charge in [-0.2, -0.15) is 5.26 Å². The molecule has 4 heteroatoms. The first kappa shape index (κ1) is 14.2. The van der Waals surface area contributed by atoms with Gasteiger partial charge in [0.1, 0.15) is 6.07 Å². The lowest BCUT2D eigenvalue weighted by Gasteiger charge is -2.38. The Kier molecular flexibility index (Phi) is 4.73. The minimum absolute atomic E-state index is 0.301. The van der Waals surface area contributed by atoms with Gasteiger partial charge in [0.05, 0.1) is 11.3 Å². The summed E-state index contributed by atoms with van der Waals surface area (Å²) in [5.41, 5.74) is 8.04. The third-order valence-electron chi connectivity index (χ3n) is 3.99. The van der Waals surface area contributed by atoms with Gasteiger partial charge in [-0.05, 0) is 30.7 Å². The SMILES string of the molecule is CCC1CN(c2cccc(SC)c2C#N)CCC1N. The van der Waals surface area contributed by atoms with E-state index >= 15 is 0 Å². The van der Waals surface area contributed by atoms with Crippen LogP contribution in [-0.4, -0.2) is 25.4 Å². The Hall–Kier alpha value is -1.18. The number of anilines is 1. The van der Waals surface area contributed by atoms with E-state index in [1.807, 2.05) is 18.4 Å². The number of hydrogen-bond acceptors (Lipinski definition) is 4. The zero-order valence-electron chi connectivity index (χ0n) is 11.6. The van der Waals surface area contributed by atoms with Gasteiger partial charge in [0.2, 0.25) is 0 Å². The Balaban J connectivity index is 2.30. The van der Waals surface area contributed by atoms with E-state index in [1.165, 1.54) is 0 Å². The Bertz CT molecular complexity index is 481. The van der Waals surface area contributed by atoms with Gasteiger partial charge in [-0.25, -0.2) is 0 Å². The number of piperidine rings is 1. The van der Waals surface area contributed by atoms with Crippen molar-refractivity contribution in [3.8, 4) is 6.07 Å². The second-order valence-corrected chi connectivity index (χ2v) is 5.88. The van der Waals surface area contributed by atoms with Crippen LogP contribution in [0.3, 0.4) is 0 Å². The largest absolute Gasteiger partial charge is 0.370 e. The van der Waals surface area contributed by atoms with Crippen LogP contribution in [0.15, 0.2) is 23.1 Å². The van der Waals surface area contributed by atoms with Crippen molar-refractivity contribution in [1.82, 2.24) is 0 Å². The van der Waals surface area contributed by atoms with E-state index in [4.69, 9.17) is 5.73 Å². The second-order valence-electron chi connectivity index (χ2n) is 5.03. The summed E-state index contributed by atoms with van der Waals surface area (Å²) in [4.78, 5) is 3.39. The van der Waals surface area contributed by atoms with Gasteiger partial charge in [0, 0.05) is 24.0 Å². The maximum Gasteiger partial charge on any atom is 0.103 e. The lowest BCUT2D eigenvalue weighted by atomic mass is 9.90. The van der Waals surface area contributed by atoms with Gasteiger partial charge < -0.3 is 10.6 Å². The highest BCUT2D eigenvalue weighted by Gasteiger charge is 2.26. The highest BCUT2D eigenvalue weighted by molar-refractivity contribution is 7.98. The molecule has 2 atom stereocenters. The topological polar surface area (TPSA) is 53.0 Å². The summed E-state index contributed by atoms with van der Waals surface area (Å²) in [6.07, 6.45) is 4.12. The molecular weight excluding hydrogens is 254 g/mol. The molecule has 0 spiro atoms. The summed E-state index contributed by atoms with van der Waals surface area (Å²) >= 11 is 1.63. The van der Waals surface area contributed by atoms with Gasteiger partial charge in [0.15, 0.2) is 0 Å². The Morgan fingerprint density at radius 2 is 2.32 bits per heavy atom. The van der Waals surface area contributed by atoms with Crippen LogP contribution in [0, 0.1) is 17.2 Å². The minimum Gasteiger partial charge on any atom is -0.370 e. The molecule has 0 saturated carbocycles. The molecule has 1 saturated heterocycles. The number of nitriles is 1. The average Bonchev–Trinajstić information content (AvgIpc) is 2.46. The summed E-state index contributed by atoms with van der Waals surface area (Å²) in [6.45, 7) is 4.10. The van der Waals surface area contributed by atoms with Crippen molar-refractivity contribution in [2.45, 2.75) is 30.7 Å². The summed E-state index contributed by atoms with van der Waals surface area (Å²) in [5.74, 6) is 0.526. The van der Waals surface area contributed by atoms with Crippen molar-refractivity contribution in [2.24, 2.45) is 11.7 Å². The van der Waals surface area contributed by atoms with E-state index < -0.39 is 0 Å². The smallest absolute Gasteiger partial charge is 0.103 e. The zero-order valence-corrected chi connectivity index (χ0v) is 12.4. The summed E-state index contributed by atoms with van der Waals surface area (Å²) in [5, 5.41) is 9.42. The van der Waals surface area contributed by atoms with E-state index in [-0.39, 0.29) is 0 Å². The van der Waals surface area contributed by atoms with Crippen molar-refractivity contribution in [3.05, 3.63) is 23.8 Å². The molecule has 0 radical (unpaired) electrons. The number of nitrogens with zero attached hydrogens (tertiary/aromatic N) is 2. The van der Waals surface area contributed by atoms with Crippen molar-refractivity contribution in [1.29, 1.82) is 5.26 Å². The first-order valence-electron chi connectivity index (χ1n) is 6.78. The Morgan fingerprint density at radius 1 is 1.53 bits per heavy atom. The van der Waals surface area contributed by atoms with E-state index in [0.717, 1.165) is 42.1 Å². The highest BCUT2D eigenvalue weighted by Crippen LogP contribution is 2.32. The number of nitrogens with two attached hydrogens (primary N) is 1. The molecule has 102 valence electrons. The molecule has 1 aliphatic rings. The average molecular weight is 275 g/mol. The quantitative estimate of drug-likeness (QED) is 0.862. The molecule has 2 unspecified atom stereocenters. The third-order valence-corrected chi connectivity index (χ3v) is 4.77. The fourth-order valence-corrected chi connectivity index (χ4v) is 3.34. The first-order chi connectivity index (χ1) is 9.21. The van der Waals surface area contributed by atoms with Crippen molar-refractivity contribution in [3.63, 3.8) is 0 Å². The fourth-order valence-electron chi connectivity index (χ4n) is 2.77. The molecule has 0 bridgehead atoms. The van der Waals surface area contributed by atoms with Crippen LogP contribution in [0.5, 0.6) is 0 Å². The van der Waals surface area contributed by atoms with Crippen LogP contribution in [0.2, 0.25) is 0 Å². The molecule has 3 nitrogen and oxygen atoms in total. The lowest BCUT2D eigenvalue weighted by molar-refractivity contribution is 0.348. The molecule has 1 heterocycles. The second kappa shape index (κ2) is 6.31. The summed E-state index contributed by atoms with van der Waals surface area (Å²) in [7, 11) is 0. The lowest BCUT2D eigenvalue weighted by Crippen LogP contribution is -2.47. The van der Waals surface area contributed by atoms with E-state index in [2.05, 4.69) is 24.0 Å². The molecule has 1 aromatic rings. The van der Waals surface area contributed by atoms with Crippen molar-refractivity contribution in [2.75, 3.05) is 24.2 Å². The molecule has 0 aliphatic carbocycles. The van der Waals surface area contributed by atoms with Gasteiger partial charge >= 0.3 is 0 Å². The summed E-state index contributed by atoms with van der Waals surface area (Å²) < 4.78 is 0. The van der Waals surface area contributed by atoms with Crippen LogP contribution >= 0.6 is 11.8 Å². The molecule has 2 rings (SSSR count). The van der Waals surface area contributed by atoms with Crippen LogP contribution in [0.1, 0.15) is 25.3 Å². The predicted molar refractivity (Wildman–Crippen MR) is 81.5 cm³/mol. The van der Waals surface area contributed by atoms with Gasteiger partial charge in [-0.1, -0.05) is 19.4 Å². The molecule has 1 aromatic carbocycles. The van der Waals surface area contributed by atoms with Gasteiger partial charge in [0.25, 0.3) is 0 Å².